The van der Waals surface area contributed by atoms with Gasteiger partial charge in [0, 0.05) is 6.04 Å². The quantitative estimate of drug-likeness (QED) is 0.369. The summed E-state index contributed by atoms with van der Waals surface area (Å²) in [6, 6.07) is 0.426. The van der Waals surface area contributed by atoms with Gasteiger partial charge in [-0.05, 0) is 32.1 Å². The van der Waals surface area contributed by atoms with E-state index in [1.54, 1.807) is 0 Å². The van der Waals surface area contributed by atoms with Crippen molar-refractivity contribution < 1.29 is 0 Å². The van der Waals surface area contributed by atoms with Crippen molar-refractivity contribution in [2.24, 2.45) is 5.84 Å². The molecule has 1 atom stereocenters. The van der Waals surface area contributed by atoms with Crippen molar-refractivity contribution in [3.63, 3.8) is 0 Å². The van der Waals surface area contributed by atoms with Gasteiger partial charge in [0.2, 0.25) is 0 Å². The number of hydrogen-bond donors (Lipinski definition) is 2. The average Bonchev–Trinajstić information content (AvgIpc) is 2.09. The summed E-state index contributed by atoms with van der Waals surface area (Å²) >= 11 is 0. The lowest BCUT2D eigenvalue weighted by molar-refractivity contribution is 0.533. The fourth-order valence-electron chi connectivity index (χ4n) is 1.67. The molecule has 11 heavy (non-hydrogen) atoms. The first-order valence-electron chi connectivity index (χ1n) is 4.53. The molecule has 0 fully saturated rings. The molecule has 0 bridgehead atoms. The van der Waals surface area contributed by atoms with E-state index in [1.165, 1.54) is 31.3 Å². The van der Waals surface area contributed by atoms with Crippen LogP contribution in [0.15, 0.2) is 11.6 Å². The van der Waals surface area contributed by atoms with Gasteiger partial charge < -0.3 is 0 Å². The lowest BCUT2D eigenvalue weighted by Gasteiger charge is -2.20. The third kappa shape index (κ3) is 2.31. The topological polar surface area (TPSA) is 38.0 Å². The predicted molar refractivity (Wildman–Crippen MR) is 48.0 cm³/mol. The molecule has 1 unspecified atom stereocenters. The van der Waals surface area contributed by atoms with E-state index in [-0.39, 0.29) is 0 Å². The Labute approximate surface area is 68.8 Å². The van der Waals surface area contributed by atoms with E-state index in [9.17, 15) is 0 Å². The molecule has 1 aliphatic carbocycles. The van der Waals surface area contributed by atoms with Crippen molar-refractivity contribution in [3.05, 3.63) is 11.6 Å². The zero-order chi connectivity index (χ0) is 8.10. The molecule has 0 aromatic heterocycles. The van der Waals surface area contributed by atoms with Gasteiger partial charge in [0.25, 0.3) is 0 Å². The molecule has 2 nitrogen and oxygen atoms in total. The lowest BCUT2D eigenvalue weighted by atomic mass is 9.93. The maximum atomic E-state index is 5.42. The maximum absolute atomic E-state index is 5.42. The van der Waals surface area contributed by atoms with E-state index in [2.05, 4.69) is 18.4 Å². The minimum Gasteiger partial charge on any atom is -0.271 e. The van der Waals surface area contributed by atoms with Crippen LogP contribution in [0.25, 0.3) is 0 Å². The van der Waals surface area contributed by atoms with E-state index in [0.29, 0.717) is 6.04 Å². The summed E-state index contributed by atoms with van der Waals surface area (Å²) in [6.45, 7) is 2.17. The minimum absolute atomic E-state index is 0.426. The molecular weight excluding hydrogens is 136 g/mol. The summed E-state index contributed by atoms with van der Waals surface area (Å²) in [5.74, 6) is 5.42. The van der Waals surface area contributed by atoms with Crippen LogP contribution < -0.4 is 11.3 Å². The second-order valence-electron chi connectivity index (χ2n) is 3.15. The Morgan fingerprint density at radius 2 is 2.45 bits per heavy atom. The standard InChI is InChI=1S/C9H18N2/c1-2-9(11-10)8-6-4-3-5-7-8/h6,9,11H,2-5,7,10H2,1H3. The van der Waals surface area contributed by atoms with Crippen LogP contribution in [0.1, 0.15) is 39.0 Å². The third-order valence-corrected chi connectivity index (χ3v) is 2.38. The van der Waals surface area contributed by atoms with Crippen LogP contribution in [0.4, 0.5) is 0 Å². The highest BCUT2D eigenvalue weighted by Gasteiger charge is 2.11. The van der Waals surface area contributed by atoms with Gasteiger partial charge >= 0.3 is 0 Å². The van der Waals surface area contributed by atoms with Crippen LogP contribution in [-0.4, -0.2) is 6.04 Å². The number of nitrogens with two attached hydrogens (primary N) is 1. The SMILES string of the molecule is CCC(NN)C1=CCCCC1. The predicted octanol–water partition coefficient (Wildman–Crippen LogP) is 1.73. The van der Waals surface area contributed by atoms with Gasteiger partial charge in [-0.15, -0.1) is 0 Å². The van der Waals surface area contributed by atoms with Gasteiger partial charge in [0.1, 0.15) is 0 Å². The zero-order valence-electron chi connectivity index (χ0n) is 7.27. The summed E-state index contributed by atoms with van der Waals surface area (Å²) in [5.41, 5.74) is 4.37. The van der Waals surface area contributed by atoms with Gasteiger partial charge in [0.05, 0.1) is 0 Å². The van der Waals surface area contributed by atoms with E-state index >= 15 is 0 Å². The fraction of sp³-hybridized carbons (Fsp3) is 0.778. The van der Waals surface area contributed by atoms with Crippen LogP contribution in [0.5, 0.6) is 0 Å². The summed E-state index contributed by atoms with van der Waals surface area (Å²) in [4.78, 5) is 0. The molecule has 0 amide bonds. The molecule has 0 aliphatic heterocycles. The van der Waals surface area contributed by atoms with E-state index in [0.717, 1.165) is 6.42 Å². The molecular formula is C9H18N2. The summed E-state index contributed by atoms with van der Waals surface area (Å²) in [7, 11) is 0. The maximum Gasteiger partial charge on any atom is 0.0417 e. The van der Waals surface area contributed by atoms with E-state index < -0.39 is 0 Å². The Hall–Kier alpha value is -0.340. The summed E-state index contributed by atoms with van der Waals surface area (Å²) in [5, 5.41) is 0. The van der Waals surface area contributed by atoms with Gasteiger partial charge in [0.15, 0.2) is 0 Å². The molecule has 0 saturated carbocycles. The highest BCUT2D eigenvalue weighted by molar-refractivity contribution is 5.12. The molecule has 0 heterocycles. The molecule has 1 rings (SSSR count). The van der Waals surface area contributed by atoms with Gasteiger partial charge in [-0.1, -0.05) is 18.6 Å². The van der Waals surface area contributed by atoms with Gasteiger partial charge in [-0.2, -0.15) is 0 Å². The van der Waals surface area contributed by atoms with Crippen LogP contribution in [0.2, 0.25) is 0 Å². The second kappa shape index (κ2) is 4.52. The Morgan fingerprint density at radius 3 is 2.91 bits per heavy atom. The minimum atomic E-state index is 0.426. The molecule has 0 radical (unpaired) electrons. The molecule has 1 aliphatic rings. The number of hydrogen-bond acceptors (Lipinski definition) is 2. The molecule has 0 aromatic rings. The molecule has 64 valence electrons. The third-order valence-electron chi connectivity index (χ3n) is 2.38. The van der Waals surface area contributed by atoms with E-state index in [1.807, 2.05) is 0 Å². The molecule has 2 heteroatoms. The van der Waals surface area contributed by atoms with Crippen molar-refractivity contribution in [3.8, 4) is 0 Å². The molecule has 0 aromatic carbocycles. The Balaban J connectivity index is 2.48. The van der Waals surface area contributed by atoms with Crippen molar-refractivity contribution in [1.82, 2.24) is 5.43 Å². The number of nitrogens with one attached hydrogen (secondary N) is 1. The van der Waals surface area contributed by atoms with Crippen LogP contribution >= 0.6 is 0 Å². The Kier molecular flexibility index (Phi) is 3.60. The lowest BCUT2D eigenvalue weighted by Crippen LogP contribution is -2.36. The zero-order valence-corrected chi connectivity index (χ0v) is 7.27. The normalized spacial score (nSPS) is 21.1. The number of rotatable bonds is 3. The van der Waals surface area contributed by atoms with Crippen LogP contribution in [-0.2, 0) is 0 Å². The van der Waals surface area contributed by atoms with Crippen molar-refractivity contribution in [2.75, 3.05) is 0 Å². The Morgan fingerprint density at radius 1 is 1.64 bits per heavy atom. The van der Waals surface area contributed by atoms with Gasteiger partial charge in [-0.25, -0.2) is 0 Å². The van der Waals surface area contributed by atoms with E-state index in [4.69, 9.17) is 5.84 Å². The second-order valence-corrected chi connectivity index (χ2v) is 3.15. The Bertz CT molecular complexity index is 136. The van der Waals surface area contributed by atoms with Crippen molar-refractivity contribution >= 4 is 0 Å². The van der Waals surface area contributed by atoms with Crippen LogP contribution in [0.3, 0.4) is 0 Å². The highest BCUT2D eigenvalue weighted by atomic mass is 15.2. The first-order chi connectivity index (χ1) is 5.38. The first-order valence-corrected chi connectivity index (χ1v) is 4.53. The molecule has 0 spiro atoms. The van der Waals surface area contributed by atoms with Crippen LogP contribution in [0, 0.1) is 0 Å². The largest absolute Gasteiger partial charge is 0.271 e. The number of hydrazine groups is 1. The smallest absolute Gasteiger partial charge is 0.0417 e. The molecule has 3 N–H and O–H groups in total. The highest BCUT2D eigenvalue weighted by Crippen LogP contribution is 2.21. The van der Waals surface area contributed by atoms with Crippen molar-refractivity contribution in [1.29, 1.82) is 0 Å². The van der Waals surface area contributed by atoms with Gasteiger partial charge in [-0.3, -0.25) is 11.3 Å². The summed E-state index contributed by atoms with van der Waals surface area (Å²) < 4.78 is 0. The fourth-order valence-corrected chi connectivity index (χ4v) is 1.67. The van der Waals surface area contributed by atoms with Crippen molar-refractivity contribution in [2.45, 2.75) is 45.1 Å². The monoisotopic (exact) mass is 154 g/mol. The summed E-state index contributed by atoms with van der Waals surface area (Å²) in [6.07, 6.45) is 8.62. The molecule has 0 saturated heterocycles. The average molecular weight is 154 g/mol. The first kappa shape index (κ1) is 8.75. The number of allylic oxidation sites excluding steroid dienone is 1.